The summed E-state index contributed by atoms with van der Waals surface area (Å²) in [5, 5.41) is 2.56. The predicted molar refractivity (Wildman–Crippen MR) is 72.8 cm³/mol. The summed E-state index contributed by atoms with van der Waals surface area (Å²) in [6, 6.07) is 9.80. The minimum atomic E-state index is 0.833. The topological polar surface area (TPSA) is 16.6 Å². The number of aryl methyl sites for hydroxylation is 1. The molecule has 0 radical (unpaired) electrons. The van der Waals surface area contributed by atoms with Crippen molar-refractivity contribution in [1.29, 1.82) is 0 Å². The summed E-state index contributed by atoms with van der Waals surface area (Å²) in [6.45, 7) is 8.14. The third-order valence-corrected chi connectivity index (χ3v) is 4.55. The van der Waals surface area contributed by atoms with E-state index in [4.69, 9.17) is 0 Å². The Morgan fingerprint density at radius 2 is 1.82 bits per heavy atom. The highest BCUT2D eigenvalue weighted by molar-refractivity contribution is 5.20. The van der Waals surface area contributed by atoms with E-state index >= 15 is 0 Å². The van der Waals surface area contributed by atoms with E-state index in [2.05, 4.69) is 50.4 Å². The van der Waals surface area contributed by atoms with Crippen molar-refractivity contribution in [2.75, 3.05) is 0 Å². The third-order valence-electron chi connectivity index (χ3n) is 4.55. The van der Waals surface area contributed by atoms with Crippen LogP contribution in [0.25, 0.3) is 0 Å². The van der Waals surface area contributed by atoms with Gasteiger partial charge in [0, 0.05) is 11.5 Å². The number of quaternary nitrogens is 1. The highest BCUT2D eigenvalue weighted by atomic mass is 14.9. The molecule has 1 aliphatic rings. The molecule has 1 heteroatoms. The Hall–Kier alpha value is -0.820. The fourth-order valence-electron chi connectivity index (χ4n) is 2.97. The first-order chi connectivity index (χ1) is 8.16. The van der Waals surface area contributed by atoms with Gasteiger partial charge in [-0.15, -0.1) is 0 Å². The van der Waals surface area contributed by atoms with Crippen molar-refractivity contribution in [2.45, 2.75) is 52.6 Å². The van der Waals surface area contributed by atoms with E-state index in [1.165, 1.54) is 30.4 Å². The van der Waals surface area contributed by atoms with Crippen LogP contribution < -0.4 is 5.32 Å². The summed E-state index contributed by atoms with van der Waals surface area (Å²) in [4.78, 5) is 0. The van der Waals surface area contributed by atoms with Crippen LogP contribution in [-0.2, 0) is 6.54 Å². The summed E-state index contributed by atoms with van der Waals surface area (Å²) in [5.41, 5.74) is 2.81. The van der Waals surface area contributed by atoms with Crippen LogP contribution in [0.5, 0.6) is 0 Å². The molecule has 1 saturated carbocycles. The molecular weight excluding hydrogens is 206 g/mol. The normalized spacial score (nSPS) is 29.2. The van der Waals surface area contributed by atoms with Crippen LogP contribution >= 0.6 is 0 Å². The van der Waals surface area contributed by atoms with Crippen LogP contribution in [0.1, 0.15) is 44.2 Å². The smallest absolute Gasteiger partial charge is 0.101 e. The fraction of sp³-hybridized carbons (Fsp3) is 0.625. The Bertz CT molecular complexity index is 341. The monoisotopic (exact) mass is 232 g/mol. The first kappa shape index (κ1) is 12.6. The molecule has 0 amide bonds. The van der Waals surface area contributed by atoms with Gasteiger partial charge in [0.25, 0.3) is 0 Å². The molecule has 94 valence electrons. The van der Waals surface area contributed by atoms with E-state index in [1.807, 2.05) is 0 Å². The molecule has 1 fully saturated rings. The SMILES string of the molecule is Cc1ccc(C[NH2+][C@@H]2CCC[C@@H](C)[C@H]2C)cc1. The predicted octanol–water partition coefficient (Wildman–Crippen LogP) is 2.88. The second-order valence-electron chi connectivity index (χ2n) is 5.86. The second-order valence-corrected chi connectivity index (χ2v) is 5.86. The Balaban J connectivity index is 1.87. The van der Waals surface area contributed by atoms with Crippen molar-refractivity contribution in [1.82, 2.24) is 0 Å². The van der Waals surface area contributed by atoms with Crippen LogP contribution in [0, 0.1) is 18.8 Å². The molecule has 0 bridgehead atoms. The van der Waals surface area contributed by atoms with E-state index in [0.29, 0.717) is 0 Å². The molecule has 0 saturated heterocycles. The minimum Gasteiger partial charge on any atom is -0.340 e. The molecule has 3 atom stereocenters. The Morgan fingerprint density at radius 1 is 1.12 bits per heavy atom. The molecule has 0 unspecified atom stereocenters. The first-order valence-electron chi connectivity index (χ1n) is 7.05. The van der Waals surface area contributed by atoms with Gasteiger partial charge in [-0.25, -0.2) is 0 Å². The highest BCUT2D eigenvalue weighted by Gasteiger charge is 2.29. The highest BCUT2D eigenvalue weighted by Crippen LogP contribution is 2.27. The zero-order valence-electron chi connectivity index (χ0n) is 11.4. The largest absolute Gasteiger partial charge is 0.340 e. The molecule has 0 aliphatic heterocycles. The van der Waals surface area contributed by atoms with E-state index in [-0.39, 0.29) is 0 Å². The van der Waals surface area contributed by atoms with Gasteiger partial charge in [-0.1, -0.05) is 43.7 Å². The van der Waals surface area contributed by atoms with Gasteiger partial charge in [0.05, 0.1) is 6.04 Å². The molecular formula is C16H26N+. The maximum absolute atomic E-state index is 2.56. The van der Waals surface area contributed by atoms with E-state index in [0.717, 1.165) is 24.4 Å². The number of benzene rings is 1. The summed E-state index contributed by atoms with van der Waals surface area (Å²) >= 11 is 0. The lowest BCUT2D eigenvalue weighted by atomic mass is 9.78. The zero-order valence-corrected chi connectivity index (χ0v) is 11.4. The van der Waals surface area contributed by atoms with Gasteiger partial charge in [0.2, 0.25) is 0 Å². The van der Waals surface area contributed by atoms with Crippen molar-refractivity contribution in [2.24, 2.45) is 11.8 Å². The van der Waals surface area contributed by atoms with Gasteiger partial charge in [-0.2, -0.15) is 0 Å². The number of hydrogen-bond donors (Lipinski definition) is 1. The van der Waals surface area contributed by atoms with Crippen molar-refractivity contribution in [3.05, 3.63) is 35.4 Å². The van der Waals surface area contributed by atoms with E-state index in [9.17, 15) is 0 Å². The number of nitrogens with two attached hydrogens (primary N) is 1. The molecule has 17 heavy (non-hydrogen) atoms. The molecule has 0 aromatic heterocycles. The van der Waals surface area contributed by atoms with Gasteiger partial charge in [-0.3, -0.25) is 0 Å². The summed E-state index contributed by atoms with van der Waals surface area (Å²) in [6.07, 6.45) is 4.24. The molecule has 2 rings (SSSR count). The van der Waals surface area contributed by atoms with Crippen molar-refractivity contribution in [3.8, 4) is 0 Å². The average molecular weight is 232 g/mol. The van der Waals surface area contributed by atoms with Crippen LogP contribution in [-0.4, -0.2) is 6.04 Å². The van der Waals surface area contributed by atoms with Crippen LogP contribution in [0.4, 0.5) is 0 Å². The average Bonchev–Trinajstić information content (AvgIpc) is 2.33. The summed E-state index contributed by atoms with van der Waals surface area (Å²) < 4.78 is 0. The standard InChI is InChI=1S/C16H25N/c1-12-7-9-15(10-8-12)11-17-16-6-4-5-13(2)14(16)3/h7-10,13-14,16-17H,4-6,11H2,1-3H3/p+1/t13-,14-,16-/m1/s1. The maximum Gasteiger partial charge on any atom is 0.101 e. The third kappa shape index (κ3) is 3.32. The van der Waals surface area contributed by atoms with Crippen molar-refractivity contribution >= 4 is 0 Å². The molecule has 1 nitrogen and oxygen atoms in total. The van der Waals surface area contributed by atoms with Gasteiger partial charge in [-0.05, 0) is 32.1 Å². The molecule has 0 heterocycles. The van der Waals surface area contributed by atoms with Crippen LogP contribution in [0.2, 0.25) is 0 Å². The van der Waals surface area contributed by atoms with Crippen LogP contribution in [0.15, 0.2) is 24.3 Å². The van der Waals surface area contributed by atoms with Crippen molar-refractivity contribution < 1.29 is 5.32 Å². The Kier molecular flexibility index (Phi) is 4.22. The lowest BCUT2D eigenvalue weighted by Crippen LogP contribution is -2.90. The molecule has 1 aromatic carbocycles. The first-order valence-corrected chi connectivity index (χ1v) is 7.05. The fourth-order valence-corrected chi connectivity index (χ4v) is 2.97. The van der Waals surface area contributed by atoms with Gasteiger partial charge in [0.1, 0.15) is 6.54 Å². The zero-order chi connectivity index (χ0) is 12.3. The molecule has 2 N–H and O–H groups in total. The maximum atomic E-state index is 2.56. The van der Waals surface area contributed by atoms with E-state index in [1.54, 1.807) is 0 Å². The molecule has 1 aromatic rings. The van der Waals surface area contributed by atoms with Crippen LogP contribution in [0.3, 0.4) is 0 Å². The summed E-state index contributed by atoms with van der Waals surface area (Å²) in [7, 11) is 0. The van der Waals surface area contributed by atoms with Gasteiger partial charge < -0.3 is 5.32 Å². The molecule has 0 spiro atoms. The molecule has 1 aliphatic carbocycles. The Morgan fingerprint density at radius 3 is 2.53 bits per heavy atom. The lowest BCUT2D eigenvalue weighted by molar-refractivity contribution is -0.713. The lowest BCUT2D eigenvalue weighted by Gasteiger charge is -2.32. The van der Waals surface area contributed by atoms with Gasteiger partial charge in [0.15, 0.2) is 0 Å². The number of hydrogen-bond acceptors (Lipinski definition) is 0. The number of rotatable bonds is 3. The summed E-state index contributed by atoms with van der Waals surface area (Å²) in [5.74, 6) is 1.78. The quantitative estimate of drug-likeness (QED) is 0.825. The van der Waals surface area contributed by atoms with E-state index < -0.39 is 0 Å². The van der Waals surface area contributed by atoms with Crippen molar-refractivity contribution in [3.63, 3.8) is 0 Å². The minimum absolute atomic E-state index is 0.833. The Labute approximate surface area is 106 Å². The second kappa shape index (κ2) is 5.68. The van der Waals surface area contributed by atoms with Gasteiger partial charge >= 0.3 is 0 Å².